The molecule has 14 heteroatoms. The number of rotatable bonds is 6. The second-order valence-corrected chi connectivity index (χ2v) is 13.6. The van der Waals surface area contributed by atoms with Gasteiger partial charge >= 0.3 is 11.9 Å². The summed E-state index contributed by atoms with van der Waals surface area (Å²) in [5, 5.41) is 36.4. The van der Waals surface area contributed by atoms with E-state index in [4.69, 9.17) is 16.2 Å². The minimum absolute atomic E-state index is 0. The Balaban J connectivity index is 0.000000273. The summed E-state index contributed by atoms with van der Waals surface area (Å²) in [7, 11) is 0. The number of esters is 1. The number of aromatic nitrogens is 2. The van der Waals surface area contributed by atoms with Crippen LogP contribution in [0.2, 0.25) is 0 Å². The fraction of sp³-hybridized carbons (Fsp3) is 0.368. The Morgan fingerprint density at radius 1 is 0.750 bits per heavy atom. The number of carbonyl (C=O) groups is 2. The molecule has 2 aromatic carbocycles. The molecule has 0 radical (unpaired) electrons. The van der Waals surface area contributed by atoms with E-state index in [-0.39, 0.29) is 65.3 Å². The minimum atomic E-state index is -1.07. The van der Waals surface area contributed by atoms with Crippen molar-refractivity contribution >= 4 is 48.4 Å². The van der Waals surface area contributed by atoms with Crippen LogP contribution in [0.5, 0.6) is 11.5 Å². The van der Waals surface area contributed by atoms with Crippen LogP contribution in [0.15, 0.2) is 60.7 Å². The van der Waals surface area contributed by atoms with E-state index in [1.54, 1.807) is 48.5 Å². The molecule has 0 spiro atoms. The van der Waals surface area contributed by atoms with Crippen LogP contribution < -0.4 is 22.1 Å². The number of anilines is 2. The summed E-state index contributed by atoms with van der Waals surface area (Å²) in [4.78, 5) is 33.1. The maximum Gasteiger partial charge on any atom is 0.342 e. The molecule has 2 fully saturated rings. The number of hydrogen-bond acceptors (Lipinski definition) is 11. The number of nitrogen functional groups attached to an aromatic ring is 2. The summed E-state index contributed by atoms with van der Waals surface area (Å²) in [6.07, 6.45) is 3.86. The van der Waals surface area contributed by atoms with Gasteiger partial charge in [0, 0.05) is 24.2 Å². The van der Waals surface area contributed by atoms with Gasteiger partial charge in [0.05, 0.1) is 11.4 Å². The summed E-state index contributed by atoms with van der Waals surface area (Å²) in [6, 6.07) is 17.4. The molecule has 0 bridgehead atoms. The van der Waals surface area contributed by atoms with E-state index in [1.165, 1.54) is 0 Å². The molecule has 0 aliphatic carbocycles. The smallest absolute Gasteiger partial charge is 0.342 e. The number of aromatic carboxylic acids is 1. The number of carbonyl (C=O) groups excluding carboxylic acids is 1. The van der Waals surface area contributed by atoms with Gasteiger partial charge in [-0.25, -0.2) is 19.6 Å². The molecule has 2 aliphatic heterocycles. The quantitative estimate of drug-likeness (QED) is 0.105. The molecular weight excluding hydrogens is 707 g/mol. The Kier molecular flexibility index (Phi) is 14.7. The van der Waals surface area contributed by atoms with Gasteiger partial charge in [0.2, 0.25) is 0 Å². The summed E-state index contributed by atoms with van der Waals surface area (Å²) in [5.74, 6) is -0.987. The van der Waals surface area contributed by atoms with E-state index in [9.17, 15) is 24.9 Å². The molecule has 2 aliphatic rings. The average Bonchev–Trinajstić information content (AvgIpc) is 3.08. The number of piperidine rings is 2. The molecule has 4 aromatic rings. The van der Waals surface area contributed by atoms with Crippen molar-refractivity contribution in [2.45, 2.75) is 63.9 Å². The first-order valence-corrected chi connectivity index (χ1v) is 16.9. The van der Waals surface area contributed by atoms with Gasteiger partial charge in [0.15, 0.2) is 0 Å². The number of nitrogens with one attached hydrogen (secondary N) is 2. The van der Waals surface area contributed by atoms with Crippen molar-refractivity contribution in [1.29, 1.82) is 0 Å². The Morgan fingerprint density at radius 3 is 1.56 bits per heavy atom. The highest BCUT2D eigenvalue weighted by molar-refractivity contribution is 5.97. The van der Waals surface area contributed by atoms with Gasteiger partial charge in [-0.2, -0.15) is 0 Å². The number of carboxylic acids is 1. The van der Waals surface area contributed by atoms with Gasteiger partial charge in [-0.05, 0) is 119 Å². The summed E-state index contributed by atoms with van der Waals surface area (Å²) in [6.45, 7) is 8.85. The molecular formula is C38H48Cl2N6O6. The molecule has 52 heavy (non-hydrogen) atoms. The first kappa shape index (κ1) is 41.8. The Morgan fingerprint density at radius 2 is 1.17 bits per heavy atom. The zero-order valence-corrected chi connectivity index (χ0v) is 31.2. The zero-order valence-electron chi connectivity index (χ0n) is 29.5. The van der Waals surface area contributed by atoms with Crippen LogP contribution in [0.25, 0.3) is 22.5 Å². The van der Waals surface area contributed by atoms with E-state index >= 15 is 0 Å². The zero-order chi connectivity index (χ0) is 36.0. The number of phenolic OH excluding ortho intramolecular Hbond substituents is 2. The predicted molar refractivity (Wildman–Crippen MR) is 208 cm³/mol. The van der Waals surface area contributed by atoms with E-state index in [2.05, 4.69) is 20.6 Å². The van der Waals surface area contributed by atoms with Gasteiger partial charge in [0.25, 0.3) is 0 Å². The number of carboxylic acid groups (broad SMARTS) is 1. The number of hydrogen-bond donors (Lipinski definition) is 7. The van der Waals surface area contributed by atoms with Gasteiger partial charge < -0.3 is 42.2 Å². The number of ether oxygens (including phenoxy) is 1. The van der Waals surface area contributed by atoms with Gasteiger partial charge in [0.1, 0.15) is 39.9 Å². The van der Waals surface area contributed by atoms with Gasteiger partial charge in [-0.15, -0.1) is 24.8 Å². The molecule has 4 heterocycles. The number of phenols is 2. The summed E-state index contributed by atoms with van der Waals surface area (Å²) in [5.41, 5.74) is 15.6. The molecule has 2 aromatic heterocycles. The number of nitrogens with two attached hydrogens (primary N) is 2. The van der Waals surface area contributed by atoms with Crippen molar-refractivity contribution in [3.8, 4) is 34.0 Å². The number of para-hydroxylation sites is 2. The lowest BCUT2D eigenvalue weighted by Crippen LogP contribution is -2.31. The standard InChI is InChI=1S/C21H27N3O3.C17H19N3O3.2ClH/c1-21(2,3)27-20(26)18-15(13-7-6-10-23-12-13)11-16(24-19(18)22)14-8-4-5-9-17(14)25;18-16-15(17(22)23)12(10-4-3-7-19-9-10)8-13(20-16)11-5-1-2-6-14(11)21;;/h4-5,8-9,11,13,23,25H,6-7,10,12H2,1-3H3,(H2,22,24);1-2,5-6,8,10,19,21H,3-4,7,9H2,(H2,18,20)(H,22,23);2*1H. The number of halogens is 2. The lowest BCUT2D eigenvalue weighted by Gasteiger charge is -2.27. The second kappa shape index (κ2) is 18.2. The molecule has 2 atom stereocenters. The molecule has 6 rings (SSSR count). The fourth-order valence-electron chi connectivity index (χ4n) is 6.49. The molecule has 0 amide bonds. The third-order valence-corrected chi connectivity index (χ3v) is 8.81. The van der Waals surface area contributed by atoms with Crippen molar-refractivity contribution < 1.29 is 29.6 Å². The average molecular weight is 756 g/mol. The number of aromatic hydroxyl groups is 2. The number of benzene rings is 2. The third-order valence-electron chi connectivity index (χ3n) is 8.81. The van der Waals surface area contributed by atoms with Crippen molar-refractivity contribution in [2.75, 3.05) is 37.6 Å². The largest absolute Gasteiger partial charge is 0.507 e. The number of nitrogens with zero attached hydrogens (tertiary/aromatic N) is 2. The molecule has 280 valence electrons. The Labute approximate surface area is 316 Å². The monoisotopic (exact) mass is 754 g/mol. The summed E-state index contributed by atoms with van der Waals surface area (Å²) < 4.78 is 5.58. The first-order valence-electron chi connectivity index (χ1n) is 16.9. The highest BCUT2D eigenvalue weighted by Crippen LogP contribution is 2.37. The highest BCUT2D eigenvalue weighted by Gasteiger charge is 2.29. The number of pyridine rings is 2. The molecule has 2 unspecified atom stereocenters. The third kappa shape index (κ3) is 10.0. The molecule has 2 saturated heterocycles. The molecule has 12 nitrogen and oxygen atoms in total. The van der Waals surface area contributed by atoms with E-state index in [0.717, 1.165) is 50.9 Å². The van der Waals surface area contributed by atoms with Crippen LogP contribution in [-0.2, 0) is 4.74 Å². The van der Waals surface area contributed by atoms with Crippen LogP contribution >= 0.6 is 24.8 Å². The Hall–Kier alpha value is -4.62. The summed E-state index contributed by atoms with van der Waals surface area (Å²) >= 11 is 0. The van der Waals surface area contributed by atoms with Crippen LogP contribution in [0, 0.1) is 0 Å². The van der Waals surface area contributed by atoms with E-state index in [0.29, 0.717) is 40.2 Å². The van der Waals surface area contributed by atoms with Crippen molar-refractivity contribution in [3.05, 3.63) is 82.9 Å². The van der Waals surface area contributed by atoms with E-state index in [1.807, 2.05) is 32.9 Å². The Bertz CT molecular complexity index is 1860. The van der Waals surface area contributed by atoms with Crippen molar-refractivity contribution in [1.82, 2.24) is 20.6 Å². The predicted octanol–water partition coefficient (Wildman–Crippen LogP) is 6.50. The van der Waals surface area contributed by atoms with Gasteiger partial charge in [-0.1, -0.05) is 24.3 Å². The SMILES string of the molecule is CC(C)(C)OC(=O)c1c(C2CCCNC2)cc(-c2ccccc2O)nc1N.Cl.Cl.Nc1nc(-c2ccccc2O)cc(C2CCCNC2)c1C(=O)O. The second-order valence-electron chi connectivity index (χ2n) is 13.6. The lowest BCUT2D eigenvalue weighted by atomic mass is 9.87. The van der Waals surface area contributed by atoms with Crippen LogP contribution in [-0.4, -0.2) is 69.0 Å². The maximum atomic E-state index is 12.8. The van der Waals surface area contributed by atoms with Crippen LogP contribution in [0.3, 0.4) is 0 Å². The molecule has 0 saturated carbocycles. The van der Waals surface area contributed by atoms with Crippen molar-refractivity contribution in [2.24, 2.45) is 0 Å². The fourth-order valence-corrected chi connectivity index (χ4v) is 6.49. The highest BCUT2D eigenvalue weighted by atomic mass is 35.5. The van der Waals surface area contributed by atoms with Crippen molar-refractivity contribution in [3.63, 3.8) is 0 Å². The first-order chi connectivity index (χ1) is 23.8. The minimum Gasteiger partial charge on any atom is -0.507 e. The van der Waals surface area contributed by atoms with Crippen LogP contribution in [0.4, 0.5) is 11.6 Å². The van der Waals surface area contributed by atoms with Crippen LogP contribution in [0.1, 0.15) is 90.1 Å². The lowest BCUT2D eigenvalue weighted by molar-refractivity contribution is 0.00683. The topological polar surface area (TPSA) is 206 Å². The maximum absolute atomic E-state index is 12.8. The van der Waals surface area contributed by atoms with E-state index < -0.39 is 17.5 Å². The normalized spacial score (nSPS) is 17.0. The van der Waals surface area contributed by atoms with Gasteiger partial charge in [-0.3, -0.25) is 0 Å². The molecule has 9 N–H and O–H groups in total.